The minimum atomic E-state index is -3.33. The van der Waals surface area contributed by atoms with Gasteiger partial charge in [-0.25, -0.2) is 8.42 Å². The first-order valence-corrected chi connectivity index (χ1v) is 12.7. The normalized spacial score (nSPS) is 14.1. The average Bonchev–Trinajstić information content (AvgIpc) is 3.22. The number of nitrogens with zero attached hydrogens (tertiary/aromatic N) is 4. The van der Waals surface area contributed by atoms with Gasteiger partial charge >= 0.3 is 0 Å². The molecule has 2 aromatic heterocycles. The summed E-state index contributed by atoms with van der Waals surface area (Å²) in [5, 5.41) is 11.5. The van der Waals surface area contributed by atoms with E-state index in [1.807, 2.05) is 17.5 Å². The molecule has 0 amide bonds. The van der Waals surface area contributed by atoms with Gasteiger partial charge in [0.15, 0.2) is 16.8 Å². The second-order valence-electron chi connectivity index (χ2n) is 6.87. The van der Waals surface area contributed by atoms with Gasteiger partial charge in [0, 0.05) is 18.7 Å². The molecule has 0 bridgehead atoms. The molecule has 1 saturated carbocycles. The topological polar surface area (TPSA) is 85.2 Å². The number of thiophene rings is 1. The number of hydrogen-bond donors (Lipinski definition) is 0. The summed E-state index contributed by atoms with van der Waals surface area (Å²) in [4.78, 5) is 13.7. The van der Waals surface area contributed by atoms with Crippen molar-refractivity contribution in [3.05, 3.63) is 47.3 Å². The molecular formula is C19H20N4O3S3. The summed E-state index contributed by atoms with van der Waals surface area (Å²) in [6, 6.07) is 11.0. The Morgan fingerprint density at radius 1 is 1.24 bits per heavy atom. The van der Waals surface area contributed by atoms with Crippen LogP contribution >= 0.6 is 23.1 Å². The van der Waals surface area contributed by atoms with Crippen LogP contribution in [0, 0.1) is 0 Å². The molecule has 1 aliphatic rings. The Kier molecular flexibility index (Phi) is 5.50. The highest BCUT2D eigenvalue weighted by molar-refractivity contribution is 7.99. The van der Waals surface area contributed by atoms with Crippen LogP contribution in [0.3, 0.4) is 0 Å². The molecule has 3 aromatic rings. The molecule has 0 radical (unpaired) electrons. The van der Waals surface area contributed by atoms with Crippen molar-refractivity contribution < 1.29 is 13.2 Å². The summed E-state index contributed by atoms with van der Waals surface area (Å²) in [6.45, 7) is 0. The second-order valence-corrected chi connectivity index (χ2v) is 10.8. The van der Waals surface area contributed by atoms with Gasteiger partial charge in [-0.15, -0.1) is 21.5 Å². The van der Waals surface area contributed by atoms with Gasteiger partial charge in [0.2, 0.25) is 10.0 Å². The molecule has 0 N–H and O–H groups in total. The maximum atomic E-state index is 12.6. The van der Waals surface area contributed by atoms with Crippen LogP contribution < -0.4 is 4.31 Å². The maximum absolute atomic E-state index is 12.6. The van der Waals surface area contributed by atoms with Gasteiger partial charge in [0.25, 0.3) is 0 Å². The molecule has 10 heteroatoms. The molecule has 7 nitrogen and oxygen atoms in total. The number of thioether (sulfide) groups is 1. The highest BCUT2D eigenvalue weighted by atomic mass is 32.2. The predicted molar refractivity (Wildman–Crippen MR) is 116 cm³/mol. The number of aromatic nitrogens is 3. The van der Waals surface area contributed by atoms with Crippen LogP contribution in [0.25, 0.3) is 10.7 Å². The van der Waals surface area contributed by atoms with E-state index in [9.17, 15) is 13.2 Å². The first kappa shape index (κ1) is 20.1. The zero-order valence-electron chi connectivity index (χ0n) is 16.0. The van der Waals surface area contributed by atoms with E-state index < -0.39 is 10.0 Å². The Morgan fingerprint density at radius 2 is 1.97 bits per heavy atom. The zero-order chi connectivity index (χ0) is 20.6. The SMILES string of the molecule is CN(c1ccc(C(=O)CSc2nnc(-c3cccs3)n2C2CC2)cc1)S(C)(=O)=O. The minimum Gasteiger partial charge on any atom is -0.298 e. The van der Waals surface area contributed by atoms with Crippen LogP contribution in [-0.4, -0.2) is 48.0 Å². The van der Waals surface area contributed by atoms with Crippen LogP contribution in [0.1, 0.15) is 29.2 Å². The molecule has 0 aliphatic heterocycles. The lowest BCUT2D eigenvalue weighted by atomic mass is 10.1. The van der Waals surface area contributed by atoms with Crippen LogP contribution in [-0.2, 0) is 10.0 Å². The Balaban J connectivity index is 1.47. The molecule has 1 fully saturated rings. The Labute approximate surface area is 177 Å². The van der Waals surface area contributed by atoms with Crippen molar-refractivity contribution in [3.8, 4) is 10.7 Å². The number of anilines is 1. The summed E-state index contributed by atoms with van der Waals surface area (Å²) in [7, 11) is -1.85. The number of ketones is 1. The van der Waals surface area contributed by atoms with Crippen molar-refractivity contribution in [2.45, 2.75) is 24.0 Å². The van der Waals surface area contributed by atoms with E-state index in [1.165, 1.54) is 23.1 Å². The maximum Gasteiger partial charge on any atom is 0.231 e. The number of carbonyl (C=O) groups is 1. The van der Waals surface area contributed by atoms with Crippen molar-refractivity contribution >= 4 is 44.6 Å². The van der Waals surface area contributed by atoms with Gasteiger partial charge in [-0.05, 0) is 48.6 Å². The number of Topliss-reactive ketones (excluding diaryl/α,β-unsaturated/α-hetero) is 1. The van der Waals surface area contributed by atoms with Gasteiger partial charge in [0.05, 0.1) is 22.6 Å². The molecule has 1 aliphatic carbocycles. The van der Waals surface area contributed by atoms with E-state index in [1.54, 1.807) is 35.6 Å². The number of hydrogen-bond acceptors (Lipinski definition) is 7. The van der Waals surface area contributed by atoms with Crippen molar-refractivity contribution in [2.75, 3.05) is 23.4 Å². The van der Waals surface area contributed by atoms with Crippen LogP contribution in [0.15, 0.2) is 46.9 Å². The van der Waals surface area contributed by atoms with E-state index in [0.717, 1.165) is 35.0 Å². The van der Waals surface area contributed by atoms with E-state index in [4.69, 9.17) is 0 Å². The largest absolute Gasteiger partial charge is 0.298 e. The number of carbonyl (C=O) groups excluding carboxylic acids is 1. The van der Waals surface area contributed by atoms with Crippen LogP contribution in [0.5, 0.6) is 0 Å². The highest BCUT2D eigenvalue weighted by Gasteiger charge is 2.30. The fourth-order valence-electron chi connectivity index (χ4n) is 2.87. The van der Waals surface area contributed by atoms with Crippen molar-refractivity contribution in [1.82, 2.24) is 14.8 Å². The summed E-state index contributed by atoms with van der Waals surface area (Å²) in [6.07, 6.45) is 3.35. The van der Waals surface area contributed by atoms with E-state index in [2.05, 4.69) is 14.8 Å². The van der Waals surface area contributed by atoms with Gasteiger partial charge < -0.3 is 0 Å². The lowest BCUT2D eigenvalue weighted by Crippen LogP contribution is -2.24. The smallest absolute Gasteiger partial charge is 0.231 e. The third kappa shape index (κ3) is 4.39. The molecule has 0 unspecified atom stereocenters. The molecule has 0 spiro atoms. The summed E-state index contributed by atoms with van der Waals surface area (Å²) in [5.41, 5.74) is 1.06. The summed E-state index contributed by atoms with van der Waals surface area (Å²) < 4.78 is 26.6. The number of sulfonamides is 1. The lowest BCUT2D eigenvalue weighted by molar-refractivity contribution is 0.102. The molecular weight excluding hydrogens is 428 g/mol. The fourth-order valence-corrected chi connectivity index (χ4v) is 4.98. The first-order chi connectivity index (χ1) is 13.8. The summed E-state index contributed by atoms with van der Waals surface area (Å²) >= 11 is 3.02. The third-order valence-corrected chi connectivity index (χ3v) is 7.72. The average molecular weight is 449 g/mol. The quantitative estimate of drug-likeness (QED) is 0.386. The molecule has 0 saturated heterocycles. The monoisotopic (exact) mass is 448 g/mol. The first-order valence-electron chi connectivity index (χ1n) is 9.03. The lowest BCUT2D eigenvalue weighted by Gasteiger charge is -2.16. The van der Waals surface area contributed by atoms with Crippen molar-refractivity contribution in [1.29, 1.82) is 0 Å². The highest BCUT2D eigenvalue weighted by Crippen LogP contribution is 2.41. The Hall–Kier alpha value is -2.17. The van der Waals surface area contributed by atoms with Gasteiger partial charge in [-0.3, -0.25) is 13.7 Å². The number of rotatable bonds is 8. The van der Waals surface area contributed by atoms with E-state index in [0.29, 0.717) is 17.3 Å². The second kappa shape index (κ2) is 7.92. The Morgan fingerprint density at radius 3 is 2.55 bits per heavy atom. The van der Waals surface area contributed by atoms with Gasteiger partial charge in [0.1, 0.15) is 0 Å². The van der Waals surface area contributed by atoms with Gasteiger partial charge in [-0.1, -0.05) is 17.8 Å². The zero-order valence-corrected chi connectivity index (χ0v) is 18.4. The molecule has 29 heavy (non-hydrogen) atoms. The molecule has 0 atom stereocenters. The molecule has 152 valence electrons. The summed E-state index contributed by atoms with van der Waals surface area (Å²) in [5.74, 6) is 1.08. The van der Waals surface area contributed by atoms with Crippen molar-refractivity contribution in [3.63, 3.8) is 0 Å². The predicted octanol–water partition coefficient (Wildman–Crippen LogP) is 3.71. The minimum absolute atomic E-state index is 0.0356. The van der Waals surface area contributed by atoms with Gasteiger partial charge in [-0.2, -0.15) is 0 Å². The van der Waals surface area contributed by atoms with E-state index >= 15 is 0 Å². The standard InChI is InChI=1S/C19H20N4O3S3/c1-22(29(2,25)26)14-7-5-13(6-8-14)16(24)12-28-19-21-20-18(17-4-3-11-27-17)23(19)15-9-10-15/h3-8,11,15H,9-10,12H2,1-2H3. The molecule has 4 rings (SSSR count). The number of benzene rings is 1. The van der Waals surface area contributed by atoms with Crippen LogP contribution in [0.4, 0.5) is 5.69 Å². The molecule has 2 heterocycles. The fraction of sp³-hybridized carbons (Fsp3) is 0.316. The molecule has 1 aromatic carbocycles. The van der Waals surface area contributed by atoms with Crippen LogP contribution in [0.2, 0.25) is 0 Å². The van der Waals surface area contributed by atoms with Crippen molar-refractivity contribution in [2.24, 2.45) is 0 Å². The van der Waals surface area contributed by atoms with E-state index in [-0.39, 0.29) is 11.5 Å². The Bertz CT molecular complexity index is 1120. The third-order valence-electron chi connectivity index (χ3n) is 4.70.